The van der Waals surface area contributed by atoms with E-state index in [4.69, 9.17) is 14.5 Å². The van der Waals surface area contributed by atoms with Crippen molar-refractivity contribution in [3.8, 4) is 17.1 Å². The largest absolute Gasteiger partial charge is 0.492 e. The minimum absolute atomic E-state index is 0.00750. The zero-order chi connectivity index (χ0) is 27.8. The van der Waals surface area contributed by atoms with Gasteiger partial charge in [-0.25, -0.2) is 14.2 Å². The fourth-order valence-electron chi connectivity index (χ4n) is 5.96. The maximum Gasteiger partial charge on any atom is 0.343 e. The Balaban J connectivity index is 1.63. The van der Waals surface area contributed by atoms with Crippen molar-refractivity contribution in [1.82, 2.24) is 14.9 Å². The van der Waals surface area contributed by atoms with Gasteiger partial charge < -0.3 is 29.6 Å². The van der Waals surface area contributed by atoms with Gasteiger partial charge in [0.2, 0.25) is 5.91 Å². The van der Waals surface area contributed by atoms with Crippen LogP contribution in [0.5, 0.6) is 5.75 Å². The summed E-state index contributed by atoms with van der Waals surface area (Å²) in [6, 6.07) is 2.34. The number of aliphatic hydroxyl groups is 2. The highest BCUT2D eigenvalue weighted by molar-refractivity contribution is 5.95. The number of nitrogens with one attached hydrogen (secondary N) is 1. The van der Waals surface area contributed by atoms with Gasteiger partial charge in [-0.1, -0.05) is 6.92 Å². The number of nitrogens with zero attached hydrogens (tertiary/aromatic N) is 2. The Morgan fingerprint density at radius 2 is 2.08 bits per heavy atom. The summed E-state index contributed by atoms with van der Waals surface area (Å²) in [4.78, 5) is 43.7. The number of amides is 1. The van der Waals surface area contributed by atoms with Crippen LogP contribution in [0.2, 0.25) is 0 Å². The average molecular weight is 538 g/mol. The Morgan fingerprint density at radius 1 is 1.31 bits per heavy atom. The summed E-state index contributed by atoms with van der Waals surface area (Å²) in [6.07, 6.45) is -0.561. The standard InChI is InChI=1S/C28H28FN3O7/c1-4-28(37)16-8-20-24-14(10-32(20)26(35)15(16)11-39-27(28)36)22-18(30-21(34)7-12(2)33)5-6-38-25-13(3)17(29)9-19(31-24)23(22)25/h8-9,12,18,33,37H,4-7,10-11H2,1-3H3,(H,30,34)/t12-,18-,28+/m1/s1. The fourth-order valence-corrected chi connectivity index (χ4v) is 5.96. The molecule has 6 rings (SSSR count). The third kappa shape index (κ3) is 3.67. The maximum absolute atomic E-state index is 15.0. The first-order valence-corrected chi connectivity index (χ1v) is 13.0. The molecule has 0 radical (unpaired) electrons. The molecule has 0 spiro atoms. The topological polar surface area (TPSA) is 140 Å². The molecule has 39 heavy (non-hydrogen) atoms. The van der Waals surface area contributed by atoms with Crippen LogP contribution in [0.15, 0.2) is 16.9 Å². The van der Waals surface area contributed by atoms with E-state index in [1.807, 2.05) is 0 Å². The molecule has 3 aliphatic rings. The number of cyclic esters (lactones) is 1. The van der Waals surface area contributed by atoms with Crippen molar-refractivity contribution in [2.75, 3.05) is 6.61 Å². The van der Waals surface area contributed by atoms with Crippen LogP contribution in [0.4, 0.5) is 4.39 Å². The quantitative estimate of drug-likeness (QED) is 0.337. The summed E-state index contributed by atoms with van der Waals surface area (Å²) in [7, 11) is 0. The molecule has 10 nitrogen and oxygen atoms in total. The molecule has 1 amide bonds. The average Bonchev–Trinajstić information content (AvgIpc) is 3.14. The molecule has 3 N–H and O–H groups in total. The van der Waals surface area contributed by atoms with Gasteiger partial charge in [-0.05, 0) is 31.9 Å². The van der Waals surface area contributed by atoms with Crippen molar-refractivity contribution in [2.45, 2.75) is 70.9 Å². The predicted molar refractivity (Wildman–Crippen MR) is 137 cm³/mol. The first kappa shape index (κ1) is 25.4. The lowest BCUT2D eigenvalue weighted by atomic mass is 9.86. The zero-order valence-corrected chi connectivity index (χ0v) is 21.8. The van der Waals surface area contributed by atoms with Gasteiger partial charge in [0, 0.05) is 34.6 Å². The van der Waals surface area contributed by atoms with Gasteiger partial charge in [-0.15, -0.1) is 0 Å². The number of hydrogen-bond donors (Lipinski definition) is 3. The number of rotatable bonds is 4. The first-order valence-electron chi connectivity index (χ1n) is 13.0. The van der Waals surface area contributed by atoms with Crippen LogP contribution in [-0.2, 0) is 33.1 Å². The summed E-state index contributed by atoms with van der Waals surface area (Å²) in [5.74, 6) is -1.35. The highest BCUT2D eigenvalue weighted by Gasteiger charge is 2.46. The third-order valence-corrected chi connectivity index (χ3v) is 7.98. The van der Waals surface area contributed by atoms with E-state index >= 15 is 4.39 Å². The molecule has 1 aromatic carbocycles. The lowest BCUT2D eigenvalue weighted by Crippen LogP contribution is -2.44. The van der Waals surface area contributed by atoms with E-state index in [9.17, 15) is 24.6 Å². The van der Waals surface area contributed by atoms with Gasteiger partial charge in [-0.2, -0.15) is 0 Å². The van der Waals surface area contributed by atoms with Crippen molar-refractivity contribution >= 4 is 22.8 Å². The molecule has 0 aliphatic carbocycles. The van der Waals surface area contributed by atoms with Gasteiger partial charge in [0.05, 0.1) is 54.2 Å². The molecule has 3 aliphatic heterocycles. The van der Waals surface area contributed by atoms with E-state index in [1.165, 1.54) is 17.6 Å². The minimum atomic E-state index is -1.98. The molecule has 0 saturated carbocycles. The predicted octanol–water partition coefficient (Wildman–Crippen LogP) is 2.24. The second-order valence-electron chi connectivity index (χ2n) is 10.5. The number of aliphatic hydroxyl groups excluding tert-OH is 1. The SMILES string of the molecule is CC[C@@]1(O)C(=O)OCc2c1cc1n(c2=O)Cc2c-1nc1cc(F)c(C)c3c1c2[C@H](NC(=O)C[C@@H](C)O)CCO3. The molecule has 3 aromatic rings. The van der Waals surface area contributed by atoms with Gasteiger partial charge in [0.25, 0.3) is 5.56 Å². The Hall–Kier alpha value is -3.83. The van der Waals surface area contributed by atoms with Crippen LogP contribution >= 0.6 is 0 Å². The summed E-state index contributed by atoms with van der Waals surface area (Å²) in [6.45, 7) is 4.83. The number of ether oxygens (including phenoxy) is 2. The lowest BCUT2D eigenvalue weighted by molar-refractivity contribution is -0.172. The van der Waals surface area contributed by atoms with Crippen LogP contribution in [0.3, 0.4) is 0 Å². The van der Waals surface area contributed by atoms with Crippen molar-refractivity contribution in [3.63, 3.8) is 0 Å². The Morgan fingerprint density at radius 3 is 2.79 bits per heavy atom. The Kier molecular flexibility index (Phi) is 5.78. The highest BCUT2D eigenvalue weighted by Crippen LogP contribution is 2.46. The molecule has 0 fully saturated rings. The molecule has 11 heteroatoms. The number of carbonyl (C=O) groups is 2. The number of halogens is 1. The van der Waals surface area contributed by atoms with E-state index in [0.717, 1.165) is 0 Å². The second-order valence-corrected chi connectivity index (χ2v) is 10.5. The monoisotopic (exact) mass is 537 g/mol. The van der Waals surface area contributed by atoms with Gasteiger partial charge in [0.15, 0.2) is 5.60 Å². The van der Waals surface area contributed by atoms with E-state index in [2.05, 4.69) is 5.32 Å². The molecule has 3 atom stereocenters. The molecule has 2 aromatic heterocycles. The molecule has 5 heterocycles. The number of esters is 1. The Bertz CT molecular complexity index is 1650. The van der Waals surface area contributed by atoms with Crippen LogP contribution in [0.1, 0.15) is 67.0 Å². The molecular formula is C28H28FN3O7. The summed E-state index contributed by atoms with van der Waals surface area (Å²) in [5.41, 5.74) is 0.704. The van der Waals surface area contributed by atoms with E-state index in [0.29, 0.717) is 51.2 Å². The second kappa shape index (κ2) is 8.85. The number of carbonyl (C=O) groups excluding carboxylic acids is 2. The van der Waals surface area contributed by atoms with E-state index in [-0.39, 0.29) is 49.6 Å². The van der Waals surface area contributed by atoms with Crippen molar-refractivity contribution in [3.05, 3.63) is 56.1 Å². The van der Waals surface area contributed by atoms with E-state index in [1.54, 1.807) is 19.9 Å². The number of benzene rings is 1. The van der Waals surface area contributed by atoms with Gasteiger partial charge >= 0.3 is 5.97 Å². The van der Waals surface area contributed by atoms with Crippen LogP contribution in [-0.4, -0.2) is 44.4 Å². The van der Waals surface area contributed by atoms with Crippen LogP contribution < -0.4 is 15.6 Å². The van der Waals surface area contributed by atoms with Crippen molar-refractivity contribution in [1.29, 1.82) is 0 Å². The molecule has 0 unspecified atom stereocenters. The zero-order valence-electron chi connectivity index (χ0n) is 21.8. The minimum Gasteiger partial charge on any atom is -0.492 e. The van der Waals surface area contributed by atoms with Crippen molar-refractivity contribution in [2.24, 2.45) is 0 Å². The normalized spacial score (nSPS) is 21.8. The molecule has 0 bridgehead atoms. The molecular weight excluding hydrogens is 509 g/mol. The number of pyridine rings is 2. The number of aromatic nitrogens is 2. The van der Waals surface area contributed by atoms with Crippen molar-refractivity contribution < 1.29 is 33.7 Å². The number of hydrogen-bond acceptors (Lipinski definition) is 8. The lowest BCUT2D eigenvalue weighted by Gasteiger charge is -2.31. The molecule has 0 saturated heterocycles. The maximum atomic E-state index is 15.0. The number of fused-ring (bicyclic) bond motifs is 5. The summed E-state index contributed by atoms with van der Waals surface area (Å²) in [5, 5.41) is 24.5. The third-order valence-electron chi connectivity index (χ3n) is 7.98. The summed E-state index contributed by atoms with van der Waals surface area (Å²) < 4.78 is 27.6. The smallest absolute Gasteiger partial charge is 0.343 e. The Labute approximate surface area is 222 Å². The van der Waals surface area contributed by atoms with Gasteiger partial charge in [0.1, 0.15) is 18.2 Å². The van der Waals surface area contributed by atoms with E-state index < -0.39 is 35.1 Å². The fraction of sp³-hybridized carbons (Fsp3) is 0.429. The molecule has 204 valence electrons. The van der Waals surface area contributed by atoms with Gasteiger partial charge in [-0.3, -0.25) is 9.59 Å². The first-order chi connectivity index (χ1) is 18.5. The highest BCUT2D eigenvalue weighted by atomic mass is 19.1. The van der Waals surface area contributed by atoms with Crippen LogP contribution in [0.25, 0.3) is 22.3 Å². The van der Waals surface area contributed by atoms with Crippen LogP contribution in [0, 0.1) is 12.7 Å². The summed E-state index contributed by atoms with van der Waals surface area (Å²) >= 11 is 0.